The van der Waals surface area contributed by atoms with Gasteiger partial charge in [-0.1, -0.05) is 48.9 Å². The van der Waals surface area contributed by atoms with E-state index < -0.39 is 47.0 Å². The summed E-state index contributed by atoms with van der Waals surface area (Å²) in [7, 11) is 0. The lowest BCUT2D eigenvalue weighted by Gasteiger charge is -2.37. The summed E-state index contributed by atoms with van der Waals surface area (Å²) in [6.45, 7) is 5.36. The van der Waals surface area contributed by atoms with E-state index >= 15 is 0 Å². The Morgan fingerprint density at radius 3 is 2.53 bits per heavy atom. The highest BCUT2D eigenvalue weighted by molar-refractivity contribution is 6.30. The number of carbonyl (C=O) groups excluding carboxylic acids is 3. The number of hydrogen-bond acceptors (Lipinski definition) is 6. The van der Waals surface area contributed by atoms with Crippen LogP contribution in [0.2, 0.25) is 5.02 Å². The minimum Gasteiger partial charge on any atom is -0.466 e. The van der Waals surface area contributed by atoms with Crippen molar-refractivity contribution in [3.63, 3.8) is 0 Å². The number of nitrogens with one attached hydrogen (secondary N) is 1. The molecule has 2 amide bonds. The summed E-state index contributed by atoms with van der Waals surface area (Å²) in [4.78, 5) is 43.1. The lowest BCUT2D eigenvalue weighted by atomic mass is 9.62. The van der Waals surface area contributed by atoms with Crippen LogP contribution in [0.1, 0.15) is 32.8 Å². The second-order valence-electron chi connectivity index (χ2n) is 10.7. The van der Waals surface area contributed by atoms with Gasteiger partial charge in [0.05, 0.1) is 30.8 Å². The maximum Gasteiger partial charge on any atom is 0.312 e. The summed E-state index contributed by atoms with van der Waals surface area (Å²) >= 11 is 6.02. The molecule has 1 spiro atoms. The van der Waals surface area contributed by atoms with Crippen LogP contribution < -0.4 is 5.32 Å². The number of anilines is 1. The molecule has 202 valence electrons. The van der Waals surface area contributed by atoms with Crippen LogP contribution >= 0.6 is 11.6 Å². The minimum atomic E-state index is -1.23. The van der Waals surface area contributed by atoms with Crippen LogP contribution in [-0.4, -0.2) is 64.3 Å². The largest absolute Gasteiger partial charge is 0.466 e. The van der Waals surface area contributed by atoms with E-state index in [0.717, 1.165) is 5.56 Å². The third-order valence-corrected chi connectivity index (χ3v) is 8.82. The fraction of sp³-hybridized carbons (Fsp3) is 0.483. The molecule has 3 aliphatic heterocycles. The number of nitrogens with zero attached hydrogens (tertiary/aromatic N) is 1. The third-order valence-electron chi connectivity index (χ3n) is 8.57. The van der Waals surface area contributed by atoms with E-state index in [4.69, 9.17) is 21.1 Å². The van der Waals surface area contributed by atoms with Crippen molar-refractivity contribution in [2.24, 2.45) is 17.8 Å². The first-order valence-corrected chi connectivity index (χ1v) is 13.4. The van der Waals surface area contributed by atoms with Gasteiger partial charge in [-0.25, -0.2) is 0 Å². The molecule has 3 unspecified atom stereocenters. The molecule has 3 heterocycles. The van der Waals surface area contributed by atoms with Crippen LogP contribution in [0.5, 0.6) is 0 Å². The fourth-order valence-electron chi connectivity index (χ4n) is 6.84. The molecule has 3 saturated heterocycles. The van der Waals surface area contributed by atoms with E-state index in [1.165, 1.54) is 4.90 Å². The molecule has 3 aliphatic rings. The van der Waals surface area contributed by atoms with E-state index in [1.54, 1.807) is 31.2 Å². The van der Waals surface area contributed by atoms with Crippen LogP contribution in [0.25, 0.3) is 0 Å². The van der Waals surface area contributed by atoms with Crippen LogP contribution in [0.4, 0.5) is 5.69 Å². The van der Waals surface area contributed by atoms with Gasteiger partial charge in [-0.3, -0.25) is 14.4 Å². The fourth-order valence-corrected chi connectivity index (χ4v) is 6.97. The Hall–Kier alpha value is -2.94. The first-order chi connectivity index (χ1) is 18.2. The molecule has 5 rings (SSSR count). The number of halogens is 1. The van der Waals surface area contributed by atoms with E-state index in [0.29, 0.717) is 23.6 Å². The van der Waals surface area contributed by atoms with Crippen LogP contribution in [0, 0.1) is 17.8 Å². The Morgan fingerprint density at radius 1 is 1.21 bits per heavy atom. The number of esters is 1. The molecule has 0 saturated carbocycles. The van der Waals surface area contributed by atoms with Crippen molar-refractivity contribution in [1.82, 2.24) is 4.90 Å². The van der Waals surface area contributed by atoms with Crippen LogP contribution in [0.3, 0.4) is 0 Å². The highest BCUT2D eigenvalue weighted by Gasteiger charge is 2.80. The van der Waals surface area contributed by atoms with Gasteiger partial charge in [0, 0.05) is 10.7 Å². The molecule has 3 fully saturated rings. The zero-order valence-electron chi connectivity index (χ0n) is 21.7. The maximum absolute atomic E-state index is 14.3. The molecule has 8 nitrogen and oxygen atoms in total. The summed E-state index contributed by atoms with van der Waals surface area (Å²) in [5, 5.41) is 14.0. The predicted molar refractivity (Wildman–Crippen MR) is 141 cm³/mol. The van der Waals surface area contributed by atoms with Gasteiger partial charge in [-0.2, -0.15) is 0 Å². The van der Waals surface area contributed by atoms with Gasteiger partial charge >= 0.3 is 5.97 Å². The number of aliphatic hydroxyl groups is 1. The van der Waals surface area contributed by atoms with Gasteiger partial charge in [0.2, 0.25) is 11.8 Å². The Balaban J connectivity index is 1.59. The smallest absolute Gasteiger partial charge is 0.312 e. The molecule has 38 heavy (non-hydrogen) atoms. The number of likely N-dealkylation sites (tertiary alicyclic amines) is 1. The van der Waals surface area contributed by atoms with Gasteiger partial charge in [0.15, 0.2) is 0 Å². The van der Waals surface area contributed by atoms with Crippen molar-refractivity contribution in [3.05, 3.63) is 65.2 Å². The molecule has 2 bridgehead atoms. The first kappa shape index (κ1) is 26.7. The SMILES string of the molecule is CCOC(=O)[C@@H]1[C@H]2C(=O)N([C@@H](CO)Cc3ccccc3)C(C(=O)Nc3ccc(Cl)cc3)C23CC(C)[C@@]1(C)O3. The summed E-state index contributed by atoms with van der Waals surface area (Å²) in [5.74, 6) is -3.16. The van der Waals surface area contributed by atoms with Crippen LogP contribution in [-0.2, 0) is 30.3 Å². The second kappa shape index (κ2) is 9.98. The average Bonchev–Trinajstić information content (AvgIpc) is 3.41. The second-order valence-corrected chi connectivity index (χ2v) is 11.2. The predicted octanol–water partition coefficient (Wildman–Crippen LogP) is 3.46. The van der Waals surface area contributed by atoms with Crippen molar-refractivity contribution in [1.29, 1.82) is 0 Å². The lowest BCUT2D eigenvalue weighted by Crippen LogP contribution is -2.57. The van der Waals surface area contributed by atoms with Gasteiger partial charge in [0.25, 0.3) is 0 Å². The lowest BCUT2D eigenvalue weighted by molar-refractivity contribution is -0.161. The van der Waals surface area contributed by atoms with Gasteiger partial charge < -0.3 is 24.8 Å². The number of fused-ring (bicyclic) bond motifs is 1. The molecular weight excluding hydrogens is 508 g/mol. The van der Waals surface area contributed by atoms with E-state index in [-0.39, 0.29) is 25.0 Å². The van der Waals surface area contributed by atoms with E-state index in [2.05, 4.69) is 5.32 Å². The monoisotopic (exact) mass is 540 g/mol. The number of aliphatic hydroxyl groups excluding tert-OH is 1. The van der Waals surface area contributed by atoms with Crippen molar-refractivity contribution >= 4 is 35.1 Å². The Kier molecular flexibility index (Phi) is 7.00. The Labute approximate surface area is 227 Å². The zero-order valence-corrected chi connectivity index (χ0v) is 22.5. The number of rotatable bonds is 8. The van der Waals surface area contributed by atoms with Crippen molar-refractivity contribution in [2.45, 2.75) is 56.9 Å². The van der Waals surface area contributed by atoms with Crippen LogP contribution in [0.15, 0.2) is 54.6 Å². The first-order valence-electron chi connectivity index (χ1n) is 13.1. The van der Waals surface area contributed by atoms with Crippen molar-refractivity contribution < 1.29 is 29.0 Å². The van der Waals surface area contributed by atoms with Gasteiger partial charge in [-0.15, -0.1) is 0 Å². The van der Waals surface area contributed by atoms with Crippen molar-refractivity contribution in [2.75, 3.05) is 18.5 Å². The molecule has 2 N–H and O–H groups in total. The molecule has 9 heteroatoms. The molecule has 0 aromatic heterocycles. The zero-order chi connectivity index (χ0) is 27.2. The third kappa shape index (κ3) is 4.10. The summed E-state index contributed by atoms with van der Waals surface area (Å²) in [5.41, 5.74) is -0.753. The Bertz CT molecular complexity index is 1220. The molecule has 0 radical (unpaired) electrons. The molecule has 2 aromatic rings. The highest BCUT2D eigenvalue weighted by Crippen LogP contribution is 2.65. The number of hydrogen-bond donors (Lipinski definition) is 2. The molecule has 7 atom stereocenters. The van der Waals surface area contributed by atoms with E-state index in [1.807, 2.05) is 44.2 Å². The standard InChI is InChI=1S/C29H33ClN2O6/c1-4-37-27(36)23-22-26(35)32(21(16-33)14-18-8-6-5-7-9-18)24(29(22)15-17(2)28(23,3)38-29)25(34)31-20-12-10-19(30)11-13-20/h5-13,17,21-24,33H,4,14-16H2,1-3H3,(H,31,34)/t17?,21-,22+,23+,24?,28-,29?/m1/s1. The summed E-state index contributed by atoms with van der Waals surface area (Å²) in [6, 6.07) is 14.4. The van der Waals surface area contributed by atoms with Crippen molar-refractivity contribution in [3.8, 4) is 0 Å². The Morgan fingerprint density at radius 2 is 1.89 bits per heavy atom. The minimum absolute atomic E-state index is 0.103. The van der Waals surface area contributed by atoms with E-state index in [9.17, 15) is 19.5 Å². The number of ether oxygens (including phenoxy) is 2. The van der Waals surface area contributed by atoms with Gasteiger partial charge in [-0.05, 0) is 62.4 Å². The normalized spacial score (nSPS) is 32.2. The molecule has 2 aromatic carbocycles. The molecular formula is C29H33ClN2O6. The number of carbonyl (C=O) groups is 3. The number of benzene rings is 2. The maximum atomic E-state index is 14.3. The number of amides is 2. The van der Waals surface area contributed by atoms with Gasteiger partial charge in [0.1, 0.15) is 17.6 Å². The molecule has 0 aliphatic carbocycles. The highest BCUT2D eigenvalue weighted by atomic mass is 35.5. The quantitative estimate of drug-likeness (QED) is 0.497. The summed E-state index contributed by atoms with van der Waals surface area (Å²) in [6.07, 6.45) is 0.766. The average molecular weight is 541 g/mol. The topological polar surface area (TPSA) is 105 Å². The summed E-state index contributed by atoms with van der Waals surface area (Å²) < 4.78 is 12.1.